The van der Waals surface area contributed by atoms with Gasteiger partial charge in [0.2, 0.25) is 0 Å². The summed E-state index contributed by atoms with van der Waals surface area (Å²) in [6.45, 7) is 2.81. The van der Waals surface area contributed by atoms with Crippen LogP contribution in [-0.4, -0.2) is 21.1 Å². The fourth-order valence-electron chi connectivity index (χ4n) is 0.676. The summed E-state index contributed by atoms with van der Waals surface area (Å²) in [6, 6.07) is 0. The SMILES string of the molecule is CC(=O)CC(C)=O.Cn1ccnc1.[Ni]. The van der Waals surface area contributed by atoms with Crippen LogP contribution in [0.5, 0.6) is 0 Å². The first-order valence-corrected chi connectivity index (χ1v) is 3.93. The van der Waals surface area contributed by atoms with E-state index in [4.69, 9.17) is 0 Å². The van der Waals surface area contributed by atoms with E-state index >= 15 is 0 Å². The van der Waals surface area contributed by atoms with Crippen LogP contribution < -0.4 is 0 Å². The van der Waals surface area contributed by atoms with Crippen LogP contribution in [0.15, 0.2) is 18.7 Å². The topological polar surface area (TPSA) is 52.0 Å². The predicted molar refractivity (Wildman–Crippen MR) is 49.2 cm³/mol. The summed E-state index contributed by atoms with van der Waals surface area (Å²) >= 11 is 0. The molecule has 0 amide bonds. The number of aryl methyl sites for hydroxylation is 1. The van der Waals surface area contributed by atoms with E-state index in [-0.39, 0.29) is 34.5 Å². The number of hydrogen-bond donors (Lipinski definition) is 0. The van der Waals surface area contributed by atoms with Gasteiger partial charge in [0.15, 0.2) is 0 Å². The average molecular weight is 241 g/mol. The van der Waals surface area contributed by atoms with Gasteiger partial charge in [-0.2, -0.15) is 0 Å². The fraction of sp³-hybridized carbons (Fsp3) is 0.444. The molecular weight excluding hydrogens is 227 g/mol. The van der Waals surface area contributed by atoms with E-state index < -0.39 is 0 Å². The maximum absolute atomic E-state index is 10.0. The molecule has 0 spiro atoms. The molecule has 14 heavy (non-hydrogen) atoms. The third-order valence-electron chi connectivity index (χ3n) is 1.13. The van der Waals surface area contributed by atoms with E-state index in [1.54, 1.807) is 12.5 Å². The molecule has 0 aliphatic carbocycles. The number of ketones is 2. The van der Waals surface area contributed by atoms with Crippen LogP contribution in [0.3, 0.4) is 0 Å². The summed E-state index contributed by atoms with van der Waals surface area (Å²) in [5.41, 5.74) is 0. The van der Waals surface area contributed by atoms with E-state index in [1.807, 2.05) is 17.8 Å². The van der Waals surface area contributed by atoms with Crippen molar-refractivity contribution < 1.29 is 26.1 Å². The van der Waals surface area contributed by atoms with Gasteiger partial charge in [-0.3, -0.25) is 9.59 Å². The van der Waals surface area contributed by atoms with Crippen molar-refractivity contribution in [2.24, 2.45) is 7.05 Å². The van der Waals surface area contributed by atoms with Gasteiger partial charge in [0.05, 0.1) is 12.7 Å². The summed E-state index contributed by atoms with van der Waals surface area (Å²) in [6.07, 6.45) is 5.47. The maximum Gasteiger partial charge on any atom is 0.137 e. The summed E-state index contributed by atoms with van der Waals surface area (Å²) in [5.74, 6) is -0.125. The molecule has 5 heteroatoms. The zero-order valence-electron chi connectivity index (χ0n) is 8.47. The molecule has 0 unspecified atom stereocenters. The van der Waals surface area contributed by atoms with Gasteiger partial charge in [-0.15, -0.1) is 0 Å². The Morgan fingerprint density at radius 2 is 1.79 bits per heavy atom. The summed E-state index contributed by atoms with van der Waals surface area (Å²) in [4.78, 5) is 23.9. The first-order chi connectivity index (χ1) is 6.02. The third kappa shape index (κ3) is 11.0. The second kappa shape index (κ2) is 8.63. The monoisotopic (exact) mass is 240 g/mol. The molecule has 1 heterocycles. The van der Waals surface area contributed by atoms with Gasteiger partial charge in [-0.1, -0.05) is 0 Å². The van der Waals surface area contributed by atoms with Crippen molar-refractivity contribution in [3.63, 3.8) is 0 Å². The number of hydrogen-bond acceptors (Lipinski definition) is 3. The van der Waals surface area contributed by atoms with Crippen molar-refractivity contribution in [1.29, 1.82) is 0 Å². The number of carbonyl (C=O) groups is 2. The largest absolute Gasteiger partial charge is 0.341 e. The minimum atomic E-state index is -0.0625. The number of nitrogens with zero attached hydrogens (tertiary/aromatic N) is 2. The summed E-state index contributed by atoms with van der Waals surface area (Å²) in [7, 11) is 1.94. The number of rotatable bonds is 2. The number of aromatic nitrogens is 2. The van der Waals surface area contributed by atoms with Crippen molar-refractivity contribution in [2.45, 2.75) is 20.3 Å². The van der Waals surface area contributed by atoms with Gasteiger partial charge < -0.3 is 4.57 Å². The Bertz CT molecular complexity index is 258. The zero-order valence-corrected chi connectivity index (χ0v) is 9.45. The van der Waals surface area contributed by atoms with Crippen molar-refractivity contribution in [1.82, 2.24) is 9.55 Å². The molecule has 0 atom stereocenters. The van der Waals surface area contributed by atoms with Crippen molar-refractivity contribution in [3.05, 3.63) is 18.7 Å². The van der Waals surface area contributed by atoms with E-state index in [0.29, 0.717) is 0 Å². The molecule has 0 bridgehead atoms. The van der Waals surface area contributed by atoms with Crippen LogP contribution in [0.25, 0.3) is 0 Å². The van der Waals surface area contributed by atoms with Gasteiger partial charge >= 0.3 is 0 Å². The van der Waals surface area contributed by atoms with Crippen molar-refractivity contribution in [3.8, 4) is 0 Å². The van der Waals surface area contributed by atoms with E-state index in [0.717, 1.165) is 0 Å². The molecule has 0 N–H and O–H groups in total. The van der Waals surface area contributed by atoms with Gasteiger partial charge in [0, 0.05) is 35.9 Å². The molecule has 0 saturated heterocycles. The van der Waals surface area contributed by atoms with E-state index in [1.165, 1.54) is 13.8 Å². The van der Waals surface area contributed by atoms with Crippen LogP contribution in [0.4, 0.5) is 0 Å². The minimum absolute atomic E-state index is 0. The van der Waals surface area contributed by atoms with Crippen molar-refractivity contribution >= 4 is 11.6 Å². The molecule has 0 radical (unpaired) electrons. The first kappa shape index (κ1) is 15.5. The average Bonchev–Trinajstić information content (AvgIpc) is 2.37. The third-order valence-corrected chi connectivity index (χ3v) is 1.13. The normalized spacial score (nSPS) is 7.93. The Morgan fingerprint density at radius 3 is 1.86 bits per heavy atom. The molecule has 0 aromatic carbocycles. The summed E-state index contributed by atoms with van der Waals surface area (Å²) in [5, 5.41) is 0. The molecule has 1 aromatic heterocycles. The summed E-state index contributed by atoms with van der Waals surface area (Å²) < 4.78 is 1.89. The van der Waals surface area contributed by atoms with Gasteiger partial charge in [-0.05, 0) is 13.8 Å². The Morgan fingerprint density at radius 1 is 1.29 bits per heavy atom. The molecule has 4 nitrogen and oxygen atoms in total. The number of imidazole rings is 1. The maximum atomic E-state index is 10.0. The molecule has 0 fully saturated rings. The molecule has 0 aliphatic heterocycles. The molecule has 1 rings (SSSR count). The van der Waals surface area contributed by atoms with Gasteiger partial charge in [-0.25, -0.2) is 4.98 Å². The molecule has 1 aromatic rings. The molecule has 0 aliphatic rings. The Labute approximate surface area is 93.6 Å². The molecule has 0 saturated carbocycles. The standard InChI is InChI=1S/C5H8O2.C4H6N2.Ni/c1-4(6)3-5(2)7;1-6-3-2-5-4-6;/h3H2,1-2H3;2-4H,1H3;. The second-order valence-corrected chi connectivity index (χ2v) is 2.81. The molecular formula is C9H14N2NiO2. The quantitative estimate of drug-likeness (QED) is 0.572. The van der Waals surface area contributed by atoms with Crippen LogP contribution in [-0.2, 0) is 33.1 Å². The van der Waals surface area contributed by atoms with Crippen molar-refractivity contribution in [2.75, 3.05) is 0 Å². The van der Waals surface area contributed by atoms with Crippen LogP contribution >= 0.6 is 0 Å². The predicted octanol–water partition coefficient (Wildman–Crippen LogP) is 0.972. The van der Waals surface area contributed by atoms with E-state index in [9.17, 15) is 9.59 Å². The second-order valence-electron chi connectivity index (χ2n) is 2.81. The zero-order chi connectivity index (χ0) is 10.3. The van der Waals surface area contributed by atoms with E-state index in [2.05, 4.69) is 4.98 Å². The Hall–Kier alpha value is -0.956. The number of Topliss-reactive ketones (excluding diaryl/α,β-unsaturated/α-hetero) is 2. The fourth-order valence-corrected chi connectivity index (χ4v) is 0.676. The number of carbonyl (C=O) groups excluding carboxylic acids is 2. The van der Waals surface area contributed by atoms with Crippen LogP contribution in [0.1, 0.15) is 20.3 Å². The van der Waals surface area contributed by atoms with Gasteiger partial charge in [0.25, 0.3) is 0 Å². The Balaban J connectivity index is 0. The van der Waals surface area contributed by atoms with Crippen LogP contribution in [0, 0.1) is 0 Å². The molecule has 82 valence electrons. The first-order valence-electron chi connectivity index (χ1n) is 3.93. The smallest absolute Gasteiger partial charge is 0.137 e. The van der Waals surface area contributed by atoms with Crippen LogP contribution in [0.2, 0.25) is 0 Å². The minimum Gasteiger partial charge on any atom is -0.341 e. The van der Waals surface area contributed by atoms with Gasteiger partial charge in [0.1, 0.15) is 11.6 Å². The Kier molecular flexibility index (Phi) is 9.57.